The summed E-state index contributed by atoms with van der Waals surface area (Å²) in [4.78, 5) is 0. The number of hydrogen-bond acceptors (Lipinski definition) is 2. The molecule has 0 radical (unpaired) electrons. The minimum atomic E-state index is 0.0806. The molecule has 0 saturated heterocycles. The molecule has 0 aliphatic carbocycles. The summed E-state index contributed by atoms with van der Waals surface area (Å²) in [6.45, 7) is 10.5. The fraction of sp³-hybridized carbons (Fsp3) is 0.250. The van der Waals surface area contributed by atoms with Gasteiger partial charge in [0.05, 0.1) is 0 Å². The molecule has 0 aliphatic heterocycles. The molecule has 1 unspecified atom stereocenters. The normalized spacial score (nSPS) is 12.0. The van der Waals surface area contributed by atoms with Crippen molar-refractivity contribution >= 4 is 35.9 Å². The summed E-state index contributed by atoms with van der Waals surface area (Å²) in [5.41, 5.74) is 11.6. The number of rotatable bonds is 6. The van der Waals surface area contributed by atoms with Crippen LogP contribution < -0.4 is 11.1 Å². The quantitative estimate of drug-likeness (QED) is 0.608. The van der Waals surface area contributed by atoms with E-state index < -0.39 is 0 Å². The van der Waals surface area contributed by atoms with E-state index in [1.165, 1.54) is 0 Å². The first-order chi connectivity index (χ1) is 11.3. The van der Waals surface area contributed by atoms with Gasteiger partial charge in [0.2, 0.25) is 0 Å². The number of anilines is 1. The van der Waals surface area contributed by atoms with Crippen molar-refractivity contribution in [1.29, 1.82) is 0 Å². The Kier molecular flexibility index (Phi) is 5.90. The standard InChI is InChI=1S/C20H24BClN2/c1-12(2)20(16-7-5-6-8-18(16)22)24-14(4)15-9-10-19(23)17(11-15)13(3)21/h5-12,20-21,24H,4,23H2,1-3H3. The minimum absolute atomic E-state index is 0.0806. The van der Waals surface area contributed by atoms with Gasteiger partial charge in [0, 0.05) is 0 Å². The van der Waals surface area contributed by atoms with Gasteiger partial charge in [-0.3, -0.25) is 0 Å². The summed E-state index contributed by atoms with van der Waals surface area (Å²) in [5, 5.41) is 4.29. The van der Waals surface area contributed by atoms with Crippen LogP contribution >= 0.6 is 11.6 Å². The molecule has 0 saturated carbocycles. The molecule has 124 valence electrons. The van der Waals surface area contributed by atoms with E-state index in [1.807, 2.05) is 43.3 Å². The third-order valence-electron chi connectivity index (χ3n) is 4.10. The maximum absolute atomic E-state index is 6.38. The van der Waals surface area contributed by atoms with Gasteiger partial charge in [0.1, 0.15) is 0 Å². The topological polar surface area (TPSA) is 38.0 Å². The Morgan fingerprint density at radius 3 is 2.46 bits per heavy atom. The monoisotopic (exact) mass is 338 g/mol. The van der Waals surface area contributed by atoms with E-state index in [-0.39, 0.29) is 6.04 Å². The van der Waals surface area contributed by atoms with Crippen molar-refractivity contribution in [2.24, 2.45) is 5.92 Å². The average Bonchev–Trinajstić information content (AvgIpc) is 2.53. The molecule has 0 spiro atoms. The summed E-state index contributed by atoms with van der Waals surface area (Å²) in [6.07, 6.45) is 0. The van der Waals surface area contributed by atoms with Crippen molar-refractivity contribution in [2.75, 3.05) is 5.73 Å². The van der Waals surface area contributed by atoms with Crippen molar-refractivity contribution < 1.29 is 0 Å². The fourth-order valence-electron chi connectivity index (χ4n) is 2.72. The van der Waals surface area contributed by atoms with Gasteiger partial charge in [-0.25, -0.2) is 0 Å². The number of hydrogen-bond donors (Lipinski definition) is 2. The van der Waals surface area contributed by atoms with E-state index in [1.54, 1.807) is 0 Å². The van der Waals surface area contributed by atoms with Gasteiger partial charge in [-0.1, -0.05) is 0 Å². The van der Waals surface area contributed by atoms with E-state index in [0.717, 1.165) is 38.6 Å². The second-order valence-electron chi connectivity index (χ2n) is 6.45. The van der Waals surface area contributed by atoms with E-state index >= 15 is 0 Å². The van der Waals surface area contributed by atoms with E-state index in [4.69, 9.17) is 17.3 Å². The van der Waals surface area contributed by atoms with Gasteiger partial charge < -0.3 is 0 Å². The van der Waals surface area contributed by atoms with Crippen LogP contribution in [0.3, 0.4) is 0 Å². The number of halogens is 1. The Labute approximate surface area is 150 Å². The molecule has 2 aromatic carbocycles. The third-order valence-corrected chi connectivity index (χ3v) is 4.44. The van der Waals surface area contributed by atoms with Crippen LogP contribution in [0.4, 0.5) is 5.69 Å². The molecule has 0 fully saturated rings. The van der Waals surface area contributed by atoms with Crippen LogP contribution in [0.1, 0.15) is 43.5 Å². The van der Waals surface area contributed by atoms with Crippen molar-refractivity contribution in [1.82, 2.24) is 5.32 Å². The summed E-state index contributed by atoms with van der Waals surface area (Å²) in [7, 11) is 3.99. The molecular weight excluding hydrogens is 314 g/mol. The Bertz CT molecular complexity index is 768. The molecular formula is C20H24BClN2. The maximum atomic E-state index is 6.38. The molecule has 2 aromatic rings. The molecule has 1 atom stereocenters. The van der Waals surface area contributed by atoms with Crippen molar-refractivity contribution in [3.05, 3.63) is 70.8 Å². The number of nitrogens with two attached hydrogens (primary N) is 1. The molecule has 0 heterocycles. The summed E-state index contributed by atoms with van der Waals surface area (Å²) in [5.74, 6) is 0.357. The predicted molar refractivity (Wildman–Crippen MR) is 109 cm³/mol. The van der Waals surface area contributed by atoms with Crippen molar-refractivity contribution in [3.63, 3.8) is 0 Å². The average molecular weight is 339 g/mol. The van der Waals surface area contributed by atoms with Crippen LogP contribution in [-0.2, 0) is 0 Å². The molecule has 3 N–H and O–H groups in total. The van der Waals surface area contributed by atoms with Crippen molar-refractivity contribution in [2.45, 2.75) is 26.8 Å². The second-order valence-corrected chi connectivity index (χ2v) is 6.86. The molecule has 0 bridgehead atoms. The Hall–Kier alpha value is -2.00. The fourth-order valence-corrected chi connectivity index (χ4v) is 2.97. The summed E-state index contributed by atoms with van der Waals surface area (Å²) in [6, 6.07) is 13.9. The number of benzene rings is 2. The van der Waals surface area contributed by atoms with E-state index in [2.05, 4.69) is 39.3 Å². The van der Waals surface area contributed by atoms with Crippen LogP contribution in [0, 0.1) is 5.92 Å². The van der Waals surface area contributed by atoms with Crippen LogP contribution in [0.5, 0.6) is 0 Å². The summed E-state index contributed by atoms with van der Waals surface area (Å²) >= 11 is 6.38. The Morgan fingerprint density at radius 1 is 1.21 bits per heavy atom. The Morgan fingerprint density at radius 2 is 1.88 bits per heavy atom. The van der Waals surface area contributed by atoms with Gasteiger partial charge in [-0.15, -0.1) is 0 Å². The first-order valence-electron chi connectivity index (χ1n) is 8.07. The SMILES string of the molecule is B=C(C)c1cc(C(=C)NC(c2ccccc2Cl)C(C)C)ccc1N. The first-order valence-corrected chi connectivity index (χ1v) is 8.44. The molecule has 2 nitrogen and oxygen atoms in total. The van der Waals surface area contributed by atoms with Gasteiger partial charge in [0.25, 0.3) is 0 Å². The van der Waals surface area contributed by atoms with Crippen molar-refractivity contribution in [3.8, 4) is 0 Å². The van der Waals surface area contributed by atoms with E-state index in [0.29, 0.717) is 5.92 Å². The van der Waals surface area contributed by atoms with Crippen LogP contribution in [0.15, 0.2) is 49.0 Å². The molecule has 0 aliphatic rings. The molecule has 0 amide bonds. The van der Waals surface area contributed by atoms with Crippen LogP contribution in [0.2, 0.25) is 5.02 Å². The third kappa shape index (κ3) is 4.10. The second kappa shape index (κ2) is 7.72. The zero-order valence-electron chi connectivity index (χ0n) is 14.6. The predicted octanol–water partition coefficient (Wildman–Crippen LogP) is 4.32. The number of nitrogens with one attached hydrogen (secondary N) is 1. The van der Waals surface area contributed by atoms with Gasteiger partial charge in [-0.05, 0) is 0 Å². The van der Waals surface area contributed by atoms with Gasteiger partial charge in [-0.2, -0.15) is 0 Å². The van der Waals surface area contributed by atoms with E-state index in [9.17, 15) is 0 Å². The van der Waals surface area contributed by atoms with Crippen LogP contribution in [-0.4, -0.2) is 13.0 Å². The number of nitrogen functional groups attached to an aromatic ring is 1. The molecule has 0 aromatic heterocycles. The zero-order valence-corrected chi connectivity index (χ0v) is 15.3. The van der Waals surface area contributed by atoms with Gasteiger partial charge in [0.15, 0.2) is 0 Å². The zero-order chi connectivity index (χ0) is 17.9. The summed E-state index contributed by atoms with van der Waals surface area (Å²) < 4.78 is 0. The molecule has 24 heavy (non-hydrogen) atoms. The molecule has 4 heteroatoms. The van der Waals surface area contributed by atoms with Crippen LogP contribution in [0.25, 0.3) is 5.70 Å². The Balaban J connectivity index is 2.31. The van der Waals surface area contributed by atoms with Gasteiger partial charge >= 0.3 is 150 Å². The molecule has 2 rings (SSSR count). The first kappa shape index (κ1) is 18.3.